The minimum absolute atomic E-state index is 0.597. The third-order valence-electron chi connectivity index (χ3n) is 2.34. The monoisotopic (exact) mass is 256 g/mol. The van der Waals surface area contributed by atoms with Crippen molar-refractivity contribution in [2.45, 2.75) is 19.1 Å². The van der Waals surface area contributed by atoms with Gasteiger partial charge < -0.3 is 5.11 Å². The van der Waals surface area contributed by atoms with Gasteiger partial charge in [0.25, 0.3) is 0 Å². The third kappa shape index (κ3) is 2.77. The van der Waals surface area contributed by atoms with Crippen LogP contribution in [0, 0.1) is 5.92 Å². The maximum Gasteiger partial charge on any atom is 0.132 e. The molecule has 76 valence electrons. The fraction of sp³-hybridized carbons (Fsp3) is 0.500. The molecule has 1 heterocycles. The summed E-state index contributed by atoms with van der Waals surface area (Å²) < 4.78 is 0.891. The Labute approximate surface area is 91.7 Å². The van der Waals surface area contributed by atoms with E-state index < -0.39 is 6.23 Å². The van der Waals surface area contributed by atoms with E-state index in [4.69, 9.17) is 0 Å². The lowest BCUT2D eigenvalue weighted by atomic mass is 10.2. The van der Waals surface area contributed by atoms with Gasteiger partial charge in [-0.05, 0) is 40.8 Å². The highest BCUT2D eigenvalue weighted by Crippen LogP contribution is 2.28. The van der Waals surface area contributed by atoms with Crippen LogP contribution in [-0.4, -0.2) is 16.6 Å². The summed E-state index contributed by atoms with van der Waals surface area (Å²) >= 11 is 3.32. The van der Waals surface area contributed by atoms with Gasteiger partial charge in [0.15, 0.2) is 0 Å². The van der Waals surface area contributed by atoms with Crippen LogP contribution < -0.4 is 5.32 Å². The lowest BCUT2D eigenvalue weighted by molar-refractivity contribution is 0.137. The summed E-state index contributed by atoms with van der Waals surface area (Å²) in [6, 6.07) is 1.87. The molecule has 1 aromatic rings. The molecule has 1 aromatic heterocycles. The van der Waals surface area contributed by atoms with Crippen LogP contribution in [0.15, 0.2) is 22.9 Å². The Hall–Kier alpha value is -0.450. The summed E-state index contributed by atoms with van der Waals surface area (Å²) in [6.45, 7) is 0.897. The molecule has 0 aliphatic heterocycles. The second-order valence-corrected chi connectivity index (χ2v) is 4.61. The summed E-state index contributed by atoms with van der Waals surface area (Å²) in [6.07, 6.45) is 5.36. The largest absolute Gasteiger partial charge is 0.374 e. The molecular formula is C10H13BrN2O. The Morgan fingerprint density at radius 3 is 3.00 bits per heavy atom. The molecule has 0 amide bonds. The Kier molecular flexibility index (Phi) is 3.15. The summed E-state index contributed by atoms with van der Waals surface area (Å²) in [7, 11) is 0. The molecule has 1 saturated carbocycles. The van der Waals surface area contributed by atoms with Crippen LogP contribution in [0.4, 0.5) is 0 Å². The van der Waals surface area contributed by atoms with Gasteiger partial charge in [0.1, 0.15) is 6.23 Å². The van der Waals surface area contributed by atoms with E-state index in [1.54, 1.807) is 12.4 Å². The van der Waals surface area contributed by atoms with Gasteiger partial charge in [-0.2, -0.15) is 0 Å². The van der Waals surface area contributed by atoms with E-state index in [9.17, 15) is 5.11 Å². The lowest BCUT2D eigenvalue weighted by Crippen LogP contribution is -2.23. The van der Waals surface area contributed by atoms with Crippen molar-refractivity contribution in [2.24, 2.45) is 5.92 Å². The standard InChI is InChI=1S/C10H13BrN2O/c11-9-3-8(5-12-6-9)10(14)13-4-7-1-2-7/h3,5-7,10,13-14H,1-2,4H2. The summed E-state index contributed by atoms with van der Waals surface area (Å²) in [5, 5.41) is 12.8. The number of aliphatic hydroxyl groups is 1. The lowest BCUT2D eigenvalue weighted by Gasteiger charge is -2.12. The molecule has 2 N–H and O–H groups in total. The molecular weight excluding hydrogens is 244 g/mol. The van der Waals surface area contributed by atoms with Crippen LogP contribution in [0.3, 0.4) is 0 Å². The van der Waals surface area contributed by atoms with Crippen LogP contribution >= 0.6 is 15.9 Å². The predicted octanol–water partition coefficient (Wildman–Crippen LogP) is 1.83. The van der Waals surface area contributed by atoms with Gasteiger partial charge in [0.2, 0.25) is 0 Å². The number of rotatable bonds is 4. The zero-order chi connectivity index (χ0) is 9.97. The molecule has 1 atom stereocenters. The van der Waals surface area contributed by atoms with Gasteiger partial charge in [-0.25, -0.2) is 0 Å². The zero-order valence-corrected chi connectivity index (χ0v) is 9.37. The highest BCUT2D eigenvalue weighted by atomic mass is 79.9. The van der Waals surface area contributed by atoms with Crippen molar-refractivity contribution in [2.75, 3.05) is 6.54 Å². The maximum atomic E-state index is 9.75. The Bertz CT molecular complexity index is 315. The van der Waals surface area contributed by atoms with Gasteiger partial charge in [-0.15, -0.1) is 0 Å². The first-order chi connectivity index (χ1) is 6.75. The van der Waals surface area contributed by atoms with Crippen molar-refractivity contribution in [3.05, 3.63) is 28.5 Å². The molecule has 4 heteroatoms. The first-order valence-electron chi connectivity index (χ1n) is 4.77. The summed E-state index contributed by atoms with van der Waals surface area (Å²) in [4.78, 5) is 4.00. The third-order valence-corrected chi connectivity index (χ3v) is 2.77. The van der Waals surface area contributed by atoms with Crippen LogP contribution in [0.1, 0.15) is 24.6 Å². The van der Waals surface area contributed by atoms with Crippen molar-refractivity contribution in [1.82, 2.24) is 10.3 Å². The number of hydrogen-bond acceptors (Lipinski definition) is 3. The molecule has 1 unspecified atom stereocenters. The number of hydrogen-bond donors (Lipinski definition) is 2. The van der Waals surface area contributed by atoms with Gasteiger partial charge in [-0.1, -0.05) is 0 Å². The number of aromatic nitrogens is 1. The minimum atomic E-state index is -0.597. The molecule has 0 aromatic carbocycles. The Morgan fingerprint density at radius 2 is 2.36 bits per heavy atom. The molecule has 0 bridgehead atoms. The van der Waals surface area contributed by atoms with Crippen molar-refractivity contribution in [3.8, 4) is 0 Å². The van der Waals surface area contributed by atoms with Crippen molar-refractivity contribution in [1.29, 1.82) is 0 Å². The topological polar surface area (TPSA) is 45.1 Å². The minimum Gasteiger partial charge on any atom is -0.374 e. The average Bonchev–Trinajstić information content (AvgIpc) is 2.97. The zero-order valence-electron chi connectivity index (χ0n) is 7.78. The van der Waals surface area contributed by atoms with Crippen LogP contribution in [0.2, 0.25) is 0 Å². The molecule has 1 aliphatic rings. The second kappa shape index (κ2) is 4.38. The highest BCUT2D eigenvalue weighted by molar-refractivity contribution is 9.10. The van der Waals surface area contributed by atoms with E-state index in [1.807, 2.05) is 6.07 Å². The number of nitrogens with zero attached hydrogens (tertiary/aromatic N) is 1. The van der Waals surface area contributed by atoms with E-state index in [0.717, 1.165) is 22.5 Å². The van der Waals surface area contributed by atoms with E-state index in [2.05, 4.69) is 26.2 Å². The van der Waals surface area contributed by atoms with E-state index >= 15 is 0 Å². The molecule has 1 fully saturated rings. The number of pyridine rings is 1. The first-order valence-corrected chi connectivity index (χ1v) is 5.57. The van der Waals surface area contributed by atoms with E-state index in [1.165, 1.54) is 12.8 Å². The van der Waals surface area contributed by atoms with Crippen molar-refractivity contribution >= 4 is 15.9 Å². The Morgan fingerprint density at radius 1 is 1.57 bits per heavy atom. The smallest absolute Gasteiger partial charge is 0.132 e. The molecule has 14 heavy (non-hydrogen) atoms. The van der Waals surface area contributed by atoms with E-state index in [0.29, 0.717) is 0 Å². The van der Waals surface area contributed by atoms with Crippen molar-refractivity contribution in [3.63, 3.8) is 0 Å². The predicted molar refractivity (Wildman–Crippen MR) is 57.6 cm³/mol. The molecule has 3 nitrogen and oxygen atoms in total. The molecule has 0 radical (unpaired) electrons. The van der Waals surface area contributed by atoms with Gasteiger partial charge in [0, 0.05) is 29.0 Å². The summed E-state index contributed by atoms with van der Waals surface area (Å²) in [5.41, 5.74) is 0.806. The normalized spacial score (nSPS) is 18.1. The van der Waals surface area contributed by atoms with E-state index in [-0.39, 0.29) is 0 Å². The second-order valence-electron chi connectivity index (χ2n) is 3.69. The Balaban J connectivity index is 1.91. The maximum absolute atomic E-state index is 9.75. The molecule has 0 saturated heterocycles. The number of halogens is 1. The number of aliphatic hydroxyl groups excluding tert-OH is 1. The highest BCUT2D eigenvalue weighted by Gasteiger charge is 2.22. The van der Waals surface area contributed by atoms with Gasteiger partial charge in [0.05, 0.1) is 0 Å². The fourth-order valence-corrected chi connectivity index (χ4v) is 1.68. The average molecular weight is 257 g/mol. The first kappa shape index (κ1) is 10.1. The van der Waals surface area contributed by atoms with Gasteiger partial charge >= 0.3 is 0 Å². The molecule has 2 rings (SSSR count). The van der Waals surface area contributed by atoms with Crippen LogP contribution in [-0.2, 0) is 0 Å². The quantitative estimate of drug-likeness (QED) is 0.809. The fourth-order valence-electron chi connectivity index (χ4n) is 1.30. The summed E-state index contributed by atoms with van der Waals surface area (Å²) in [5.74, 6) is 0.768. The van der Waals surface area contributed by atoms with Crippen LogP contribution in [0.5, 0.6) is 0 Å². The van der Waals surface area contributed by atoms with Gasteiger partial charge in [-0.3, -0.25) is 10.3 Å². The van der Waals surface area contributed by atoms with Crippen LogP contribution in [0.25, 0.3) is 0 Å². The molecule has 0 spiro atoms. The SMILES string of the molecule is OC(NCC1CC1)c1cncc(Br)c1. The molecule has 1 aliphatic carbocycles. The number of nitrogens with one attached hydrogen (secondary N) is 1. The van der Waals surface area contributed by atoms with Crippen molar-refractivity contribution < 1.29 is 5.11 Å².